The van der Waals surface area contributed by atoms with Crippen LogP contribution in [0.25, 0.3) is 0 Å². The average molecular weight is 305 g/mol. The normalized spacial score (nSPS) is 19.6. The minimum atomic E-state index is -0.776. The number of benzene rings is 1. The van der Waals surface area contributed by atoms with Gasteiger partial charge in [0, 0.05) is 19.2 Å². The van der Waals surface area contributed by atoms with Crippen molar-refractivity contribution in [1.29, 1.82) is 0 Å². The summed E-state index contributed by atoms with van der Waals surface area (Å²) < 4.78 is 5.13. The summed E-state index contributed by atoms with van der Waals surface area (Å²) in [6.07, 6.45) is 3.44. The Balaban J connectivity index is 1.96. The lowest BCUT2D eigenvalue weighted by Gasteiger charge is -2.40. The van der Waals surface area contributed by atoms with Gasteiger partial charge in [-0.05, 0) is 42.7 Å². The van der Waals surface area contributed by atoms with Crippen LogP contribution in [-0.4, -0.2) is 30.3 Å². The smallest absolute Gasteiger partial charge is 0.251 e. The fraction of sp³-hybridized carbons (Fsp3) is 0.611. The number of hydrogen-bond acceptors (Lipinski definition) is 3. The highest BCUT2D eigenvalue weighted by molar-refractivity contribution is 5.95. The van der Waals surface area contributed by atoms with Crippen LogP contribution in [0.4, 0.5) is 0 Å². The Hall–Kier alpha value is -1.39. The fourth-order valence-electron chi connectivity index (χ4n) is 2.93. The minimum absolute atomic E-state index is 0.147. The van der Waals surface area contributed by atoms with E-state index in [2.05, 4.69) is 19.2 Å². The molecule has 0 unspecified atom stereocenters. The van der Waals surface area contributed by atoms with E-state index in [4.69, 9.17) is 4.74 Å². The number of methoxy groups -OCH3 is 1. The van der Waals surface area contributed by atoms with Crippen LogP contribution in [0.2, 0.25) is 0 Å². The zero-order valence-corrected chi connectivity index (χ0v) is 13.8. The first kappa shape index (κ1) is 17.0. The Kier molecular flexibility index (Phi) is 5.24. The highest BCUT2D eigenvalue weighted by Gasteiger charge is 2.36. The van der Waals surface area contributed by atoms with Crippen molar-refractivity contribution in [3.05, 3.63) is 35.4 Å². The molecule has 1 aromatic rings. The summed E-state index contributed by atoms with van der Waals surface area (Å²) >= 11 is 0. The van der Waals surface area contributed by atoms with Crippen molar-refractivity contribution in [2.45, 2.75) is 51.7 Å². The zero-order valence-electron chi connectivity index (χ0n) is 13.8. The number of rotatable bonds is 5. The van der Waals surface area contributed by atoms with E-state index in [1.807, 2.05) is 18.2 Å². The van der Waals surface area contributed by atoms with Crippen molar-refractivity contribution in [1.82, 2.24) is 5.32 Å². The molecule has 122 valence electrons. The molecule has 0 heterocycles. The number of ether oxygens (including phenoxy) is 1. The van der Waals surface area contributed by atoms with Crippen LogP contribution in [-0.2, 0) is 11.3 Å². The van der Waals surface area contributed by atoms with Gasteiger partial charge in [0.15, 0.2) is 0 Å². The SMILES string of the molecule is COCc1ccccc1C(=O)NCC1(O)CCC(C)(C)CC1. The lowest BCUT2D eigenvalue weighted by Crippen LogP contribution is -2.46. The third kappa shape index (κ3) is 4.31. The summed E-state index contributed by atoms with van der Waals surface area (Å²) in [4.78, 5) is 12.4. The van der Waals surface area contributed by atoms with E-state index in [9.17, 15) is 9.90 Å². The van der Waals surface area contributed by atoms with Crippen molar-refractivity contribution in [2.24, 2.45) is 5.41 Å². The number of carbonyl (C=O) groups excluding carboxylic acids is 1. The van der Waals surface area contributed by atoms with Crippen LogP contribution < -0.4 is 5.32 Å². The molecule has 22 heavy (non-hydrogen) atoms. The molecule has 0 aliphatic heterocycles. The molecule has 4 nitrogen and oxygen atoms in total. The lowest BCUT2D eigenvalue weighted by atomic mass is 9.71. The first-order valence-corrected chi connectivity index (χ1v) is 7.93. The first-order chi connectivity index (χ1) is 10.4. The standard InChI is InChI=1S/C18H27NO3/c1-17(2)8-10-18(21,11-9-17)13-19-16(20)15-7-5-4-6-14(15)12-22-3/h4-7,21H,8-13H2,1-3H3,(H,19,20). The Morgan fingerprint density at radius 1 is 1.23 bits per heavy atom. The van der Waals surface area contributed by atoms with Gasteiger partial charge in [0.05, 0.1) is 12.2 Å². The van der Waals surface area contributed by atoms with Gasteiger partial charge in [-0.1, -0.05) is 32.0 Å². The van der Waals surface area contributed by atoms with Gasteiger partial charge in [-0.3, -0.25) is 4.79 Å². The van der Waals surface area contributed by atoms with Crippen LogP contribution in [0.15, 0.2) is 24.3 Å². The monoisotopic (exact) mass is 305 g/mol. The van der Waals surface area contributed by atoms with Crippen LogP contribution in [0.5, 0.6) is 0 Å². The Morgan fingerprint density at radius 2 is 1.86 bits per heavy atom. The summed E-state index contributed by atoms with van der Waals surface area (Å²) in [7, 11) is 1.61. The second-order valence-electron chi connectivity index (χ2n) is 7.16. The molecular weight excluding hydrogens is 278 g/mol. The third-order valence-corrected chi connectivity index (χ3v) is 4.67. The molecule has 0 atom stereocenters. The summed E-state index contributed by atoms with van der Waals surface area (Å²) in [5.74, 6) is -0.147. The van der Waals surface area contributed by atoms with Gasteiger partial charge in [-0.25, -0.2) is 0 Å². The van der Waals surface area contributed by atoms with Crippen LogP contribution in [0.1, 0.15) is 55.5 Å². The van der Waals surface area contributed by atoms with E-state index in [-0.39, 0.29) is 5.91 Å². The molecule has 0 saturated heterocycles. The molecular formula is C18H27NO3. The van der Waals surface area contributed by atoms with Gasteiger partial charge < -0.3 is 15.2 Å². The molecule has 0 aromatic heterocycles. The second kappa shape index (κ2) is 6.80. The van der Waals surface area contributed by atoms with E-state index < -0.39 is 5.60 Å². The molecule has 0 spiro atoms. The number of nitrogens with one attached hydrogen (secondary N) is 1. The molecule has 4 heteroatoms. The quantitative estimate of drug-likeness (QED) is 0.879. The molecule has 1 saturated carbocycles. The van der Waals surface area contributed by atoms with Crippen molar-refractivity contribution in [2.75, 3.05) is 13.7 Å². The molecule has 2 N–H and O–H groups in total. The maximum absolute atomic E-state index is 12.4. The van der Waals surface area contributed by atoms with Crippen LogP contribution in [0, 0.1) is 5.41 Å². The zero-order chi connectivity index (χ0) is 16.2. The number of carbonyl (C=O) groups is 1. The molecule has 2 rings (SSSR count). The Bertz CT molecular complexity index is 515. The maximum Gasteiger partial charge on any atom is 0.251 e. The van der Waals surface area contributed by atoms with Gasteiger partial charge in [-0.2, -0.15) is 0 Å². The molecule has 1 aliphatic carbocycles. The van der Waals surface area contributed by atoms with Gasteiger partial charge in [0.2, 0.25) is 0 Å². The first-order valence-electron chi connectivity index (χ1n) is 7.93. The molecule has 0 radical (unpaired) electrons. The molecule has 1 aromatic carbocycles. The van der Waals surface area contributed by atoms with E-state index in [0.717, 1.165) is 31.2 Å². The number of aliphatic hydroxyl groups is 1. The highest BCUT2D eigenvalue weighted by atomic mass is 16.5. The largest absolute Gasteiger partial charge is 0.388 e. The predicted octanol–water partition coefficient (Wildman–Crippen LogP) is 2.89. The minimum Gasteiger partial charge on any atom is -0.388 e. The van der Waals surface area contributed by atoms with Crippen molar-refractivity contribution >= 4 is 5.91 Å². The molecule has 0 bridgehead atoms. The summed E-state index contributed by atoms with van der Waals surface area (Å²) in [6, 6.07) is 7.40. The van der Waals surface area contributed by atoms with Crippen molar-refractivity contribution in [3.8, 4) is 0 Å². The number of hydrogen-bond donors (Lipinski definition) is 2. The molecule has 1 aliphatic rings. The van der Waals surface area contributed by atoms with Crippen molar-refractivity contribution < 1.29 is 14.6 Å². The third-order valence-electron chi connectivity index (χ3n) is 4.67. The van der Waals surface area contributed by atoms with Gasteiger partial charge in [-0.15, -0.1) is 0 Å². The van der Waals surface area contributed by atoms with Gasteiger partial charge in [0.25, 0.3) is 5.91 Å². The van der Waals surface area contributed by atoms with Crippen LogP contribution in [0.3, 0.4) is 0 Å². The maximum atomic E-state index is 12.4. The summed E-state index contributed by atoms with van der Waals surface area (Å²) in [5, 5.41) is 13.5. The van der Waals surface area contributed by atoms with E-state index in [1.54, 1.807) is 13.2 Å². The fourth-order valence-corrected chi connectivity index (χ4v) is 2.93. The van der Waals surface area contributed by atoms with Crippen LogP contribution >= 0.6 is 0 Å². The average Bonchev–Trinajstić information content (AvgIpc) is 2.50. The van der Waals surface area contributed by atoms with E-state index in [0.29, 0.717) is 24.1 Å². The summed E-state index contributed by atoms with van der Waals surface area (Å²) in [6.45, 7) is 5.17. The second-order valence-corrected chi connectivity index (χ2v) is 7.16. The Labute approximate surface area is 132 Å². The molecule has 1 fully saturated rings. The lowest BCUT2D eigenvalue weighted by molar-refractivity contribution is -0.0233. The topological polar surface area (TPSA) is 58.6 Å². The van der Waals surface area contributed by atoms with Gasteiger partial charge >= 0.3 is 0 Å². The van der Waals surface area contributed by atoms with E-state index in [1.165, 1.54) is 0 Å². The van der Waals surface area contributed by atoms with Crippen molar-refractivity contribution in [3.63, 3.8) is 0 Å². The predicted molar refractivity (Wildman–Crippen MR) is 86.7 cm³/mol. The highest BCUT2D eigenvalue weighted by Crippen LogP contribution is 2.39. The van der Waals surface area contributed by atoms with E-state index >= 15 is 0 Å². The molecule has 1 amide bonds. The van der Waals surface area contributed by atoms with Gasteiger partial charge in [0.1, 0.15) is 0 Å². The Morgan fingerprint density at radius 3 is 2.50 bits per heavy atom. The number of amides is 1. The summed E-state index contributed by atoms with van der Waals surface area (Å²) in [5.41, 5.74) is 0.992.